The van der Waals surface area contributed by atoms with Crippen LogP contribution in [-0.4, -0.2) is 15.7 Å². The fourth-order valence-electron chi connectivity index (χ4n) is 1.83. The van der Waals surface area contributed by atoms with E-state index in [2.05, 4.69) is 10.4 Å². The van der Waals surface area contributed by atoms with Crippen LogP contribution >= 0.6 is 0 Å². The van der Waals surface area contributed by atoms with Crippen LogP contribution in [0.1, 0.15) is 17.7 Å². The Morgan fingerprint density at radius 3 is 2.75 bits per heavy atom. The fourth-order valence-corrected chi connectivity index (χ4v) is 1.83. The molecule has 6 heteroatoms. The number of aryl methyl sites for hydroxylation is 2. The number of hydrogen-bond acceptors (Lipinski definition) is 2. The van der Waals surface area contributed by atoms with Crippen LogP contribution in [0, 0.1) is 11.6 Å². The molecule has 2 aromatic rings. The SMILES string of the molecule is Cn1nccc1CCC(=O)NCc1ccc(F)c(F)c1. The second-order valence-electron chi connectivity index (χ2n) is 4.47. The zero-order valence-electron chi connectivity index (χ0n) is 11.1. The molecule has 0 atom stereocenters. The molecule has 0 bridgehead atoms. The van der Waals surface area contributed by atoms with Crippen molar-refractivity contribution in [1.82, 2.24) is 15.1 Å². The van der Waals surface area contributed by atoms with Gasteiger partial charge in [0.05, 0.1) is 0 Å². The summed E-state index contributed by atoms with van der Waals surface area (Å²) in [7, 11) is 1.81. The third kappa shape index (κ3) is 3.63. The molecule has 4 nitrogen and oxygen atoms in total. The highest BCUT2D eigenvalue weighted by molar-refractivity contribution is 5.76. The first-order valence-electron chi connectivity index (χ1n) is 6.24. The minimum Gasteiger partial charge on any atom is -0.352 e. The molecular formula is C14H15F2N3O. The van der Waals surface area contributed by atoms with Gasteiger partial charge < -0.3 is 5.32 Å². The zero-order chi connectivity index (χ0) is 14.5. The molecule has 1 heterocycles. The van der Waals surface area contributed by atoms with Crippen LogP contribution in [-0.2, 0) is 24.8 Å². The maximum atomic E-state index is 13.0. The molecule has 0 fully saturated rings. The van der Waals surface area contributed by atoms with Gasteiger partial charge in [0.2, 0.25) is 5.91 Å². The van der Waals surface area contributed by atoms with Crippen LogP contribution in [0.2, 0.25) is 0 Å². The lowest BCUT2D eigenvalue weighted by atomic mass is 10.2. The van der Waals surface area contributed by atoms with E-state index in [-0.39, 0.29) is 12.5 Å². The van der Waals surface area contributed by atoms with Crippen molar-refractivity contribution in [3.05, 3.63) is 53.4 Å². The van der Waals surface area contributed by atoms with Crippen molar-refractivity contribution in [3.8, 4) is 0 Å². The normalized spacial score (nSPS) is 10.6. The Kier molecular flexibility index (Phi) is 4.45. The number of aromatic nitrogens is 2. The maximum Gasteiger partial charge on any atom is 0.220 e. The Hall–Kier alpha value is -2.24. The zero-order valence-corrected chi connectivity index (χ0v) is 11.1. The summed E-state index contributed by atoms with van der Waals surface area (Å²) in [6.07, 6.45) is 2.58. The van der Waals surface area contributed by atoms with Crippen LogP contribution in [0.5, 0.6) is 0 Å². The van der Waals surface area contributed by atoms with Crippen molar-refractivity contribution >= 4 is 5.91 Å². The Morgan fingerprint density at radius 2 is 2.10 bits per heavy atom. The Morgan fingerprint density at radius 1 is 1.30 bits per heavy atom. The lowest BCUT2D eigenvalue weighted by molar-refractivity contribution is -0.121. The molecule has 106 valence electrons. The van der Waals surface area contributed by atoms with E-state index in [0.717, 1.165) is 17.8 Å². The van der Waals surface area contributed by atoms with Gasteiger partial charge in [-0.25, -0.2) is 8.78 Å². The van der Waals surface area contributed by atoms with Crippen molar-refractivity contribution in [2.24, 2.45) is 7.05 Å². The van der Waals surface area contributed by atoms with Gasteiger partial charge in [0, 0.05) is 31.9 Å². The number of carbonyl (C=O) groups excluding carboxylic acids is 1. The number of nitrogens with zero attached hydrogens (tertiary/aromatic N) is 2. The van der Waals surface area contributed by atoms with Crippen LogP contribution in [0.4, 0.5) is 8.78 Å². The molecule has 0 aliphatic rings. The quantitative estimate of drug-likeness (QED) is 0.909. The molecule has 0 spiro atoms. The molecule has 1 aromatic carbocycles. The van der Waals surface area contributed by atoms with Gasteiger partial charge in [-0.3, -0.25) is 9.48 Å². The highest BCUT2D eigenvalue weighted by Gasteiger charge is 2.06. The summed E-state index contributed by atoms with van der Waals surface area (Å²) in [5.41, 5.74) is 1.49. The summed E-state index contributed by atoms with van der Waals surface area (Å²) in [5.74, 6) is -1.95. The fraction of sp³-hybridized carbons (Fsp3) is 0.286. The van der Waals surface area contributed by atoms with Crippen LogP contribution in [0.3, 0.4) is 0 Å². The molecule has 1 N–H and O–H groups in total. The lowest BCUT2D eigenvalue weighted by Crippen LogP contribution is -2.23. The van der Waals surface area contributed by atoms with Crippen molar-refractivity contribution in [2.45, 2.75) is 19.4 Å². The summed E-state index contributed by atoms with van der Waals surface area (Å²) < 4.78 is 27.4. The largest absolute Gasteiger partial charge is 0.352 e. The number of hydrogen-bond donors (Lipinski definition) is 1. The van der Waals surface area contributed by atoms with E-state index in [0.29, 0.717) is 18.4 Å². The van der Waals surface area contributed by atoms with Crippen LogP contribution in [0.15, 0.2) is 30.5 Å². The smallest absolute Gasteiger partial charge is 0.220 e. The average Bonchev–Trinajstić information content (AvgIpc) is 2.83. The van der Waals surface area contributed by atoms with Gasteiger partial charge in [-0.1, -0.05) is 6.07 Å². The Balaban J connectivity index is 1.80. The Labute approximate surface area is 115 Å². The number of rotatable bonds is 5. The van der Waals surface area contributed by atoms with E-state index in [9.17, 15) is 13.6 Å². The number of amides is 1. The lowest BCUT2D eigenvalue weighted by Gasteiger charge is -2.06. The number of nitrogens with one attached hydrogen (secondary N) is 1. The summed E-state index contributed by atoms with van der Waals surface area (Å²) in [6.45, 7) is 0.182. The van der Waals surface area contributed by atoms with E-state index in [1.807, 2.05) is 13.1 Å². The van der Waals surface area contributed by atoms with E-state index >= 15 is 0 Å². The predicted octanol–water partition coefficient (Wildman–Crippen LogP) is 1.95. The third-order valence-electron chi connectivity index (χ3n) is 3.00. The number of carbonyl (C=O) groups is 1. The molecule has 0 saturated carbocycles. The first-order chi connectivity index (χ1) is 9.56. The first kappa shape index (κ1) is 14.2. The van der Waals surface area contributed by atoms with Gasteiger partial charge in [-0.15, -0.1) is 0 Å². The second kappa shape index (κ2) is 6.27. The van der Waals surface area contributed by atoms with Gasteiger partial charge in [-0.05, 0) is 30.2 Å². The second-order valence-corrected chi connectivity index (χ2v) is 4.47. The van der Waals surface area contributed by atoms with Crippen molar-refractivity contribution in [3.63, 3.8) is 0 Å². The molecule has 0 unspecified atom stereocenters. The highest BCUT2D eigenvalue weighted by atomic mass is 19.2. The highest BCUT2D eigenvalue weighted by Crippen LogP contribution is 2.08. The molecule has 20 heavy (non-hydrogen) atoms. The standard InChI is InChI=1S/C14H15F2N3O/c1-19-11(6-7-18-19)3-5-14(20)17-9-10-2-4-12(15)13(16)8-10/h2,4,6-8H,3,5,9H2,1H3,(H,17,20). The molecule has 1 amide bonds. The summed E-state index contributed by atoms with van der Waals surface area (Å²) in [5, 5.41) is 6.68. The van der Waals surface area contributed by atoms with E-state index < -0.39 is 11.6 Å². The van der Waals surface area contributed by atoms with Crippen molar-refractivity contribution < 1.29 is 13.6 Å². The minimum atomic E-state index is -0.911. The molecule has 2 rings (SSSR count). The molecule has 1 aromatic heterocycles. The van der Waals surface area contributed by atoms with Crippen molar-refractivity contribution in [1.29, 1.82) is 0 Å². The monoisotopic (exact) mass is 279 g/mol. The average molecular weight is 279 g/mol. The number of halogens is 2. The van der Waals surface area contributed by atoms with Crippen LogP contribution < -0.4 is 5.32 Å². The molecule has 0 saturated heterocycles. The third-order valence-corrected chi connectivity index (χ3v) is 3.00. The maximum absolute atomic E-state index is 13.0. The summed E-state index contributed by atoms with van der Waals surface area (Å²) >= 11 is 0. The minimum absolute atomic E-state index is 0.143. The predicted molar refractivity (Wildman–Crippen MR) is 69.7 cm³/mol. The molecule has 0 radical (unpaired) electrons. The van der Waals surface area contributed by atoms with Gasteiger partial charge in [-0.2, -0.15) is 5.10 Å². The molecule has 0 aliphatic carbocycles. The first-order valence-corrected chi connectivity index (χ1v) is 6.24. The van der Waals surface area contributed by atoms with E-state index in [4.69, 9.17) is 0 Å². The van der Waals surface area contributed by atoms with E-state index in [1.165, 1.54) is 6.07 Å². The van der Waals surface area contributed by atoms with Crippen LogP contribution in [0.25, 0.3) is 0 Å². The summed E-state index contributed by atoms with van der Waals surface area (Å²) in [6, 6.07) is 5.42. The van der Waals surface area contributed by atoms with Gasteiger partial charge in [0.25, 0.3) is 0 Å². The topological polar surface area (TPSA) is 46.9 Å². The van der Waals surface area contributed by atoms with Gasteiger partial charge >= 0.3 is 0 Å². The van der Waals surface area contributed by atoms with E-state index in [1.54, 1.807) is 10.9 Å². The molecule has 0 aliphatic heterocycles. The van der Waals surface area contributed by atoms with Crippen molar-refractivity contribution in [2.75, 3.05) is 0 Å². The molecular weight excluding hydrogens is 264 g/mol. The number of benzene rings is 1. The summed E-state index contributed by atoms with van der Waals surface area (Å²) in [4.78, 5) is 11.7. The Bertz CT molecular complexity index is 610. The van der Waals surface area contributed by atoms with Gasteiger partial charge in [0.1, 0.15) is 0 Å². The van der Waals surface area contributed by atoms with Gasteiger partial charge in [0.15, 0.2) is 11.6 Å².